The summed E-state index contributed by atoms with van der Waals surface area (Å²) >= 11 is 0. The van der Waals surface area contributed by atoms with Crippen LogP contribution in [0.4, 0.5) is 5.69 Å². The van der Waals surface area contributed by atoms with E-state index in [-0.39, 0.29) is 24.0 Å². The number of anilines is 1. The fraction of sp³-hybridized carbons (Fsp3) is 0.500. The van der Waals surface area contributed by atoms with E-state index in [0.29, 0.717) is 6.04 Å². The molecule has 0 aliphatic carbocycles. The zero-order chi connectivity index (χ0) is 19.1. The summed E-state index contributed by atoms with van der Waals surface area (Å²) in [4.78, 5) is 9.23. The predicted molar refractivity (Wildman–Crippen MR) is 131 cm³/mol. The minimum Gasteiger partial charge on any atom is -0.364 e. The summed E-state index contributed by atoms with van der Waals surface area (Å²) in [6, 6.07) is 9.30. The average Bonchev–Trinajstić information content (AvgIpc) is 3.21. The molecule has 6 heteroatoms. The van der Waals surface area contributed by atoms with Crippen molar-refractivity contribution < 1.29 is 0 Å². The third-order valence-corrected chi connectivity index (χ3v) is 5.23. The lowest BCUT2D eigenvalue weighted by molar-refractivity contribution is 0.221. The van der Waals surface area contributed by atoms with Gasteiger partial charge in [0.15, 0.2) is 5.96 Å². The number of nitrogens with zero attached hydrogens (tertiary/aromatic N) is 3. The molecule has 28 heavy (non-hydrogen) atoms. The minimum atomic E-state index is 0. The van der Waals surface area contributed by atoms with E-state index in [1.807, 2.05) is 7.05 Å². The Morgan fingerprint density at radius 3 is 2.36 bits per heavy atom. The Labute approximate surface area is 187 Å². The van der Waals surface area contributed by atoms with Gasteiger partial charge in [-0.15, -0.1) is 24.0 Å². The summed E-state index contributed by atoms with van der Waals surface area (Å²) in [5.41, 5.74) is 3.80. The van der Waals surface area contributed by atoms with E-state index in [2.05, 4.69) is 75.3 Å². The van der Waals surface area contributed by atoms with Gasteiger partial charge in [-0.3, -0.25) is 9.89 Å². The molecule has 5 nitrogen and oxygen atoms in total. The first kappa shape index (κ1) is 22.7. The van der Waals surface area contributed by atoms with Gasteiger partial charge in [0.25, 0.3) is 0 Å². The van der Waals surface area contributed by atoms with Crippen LogP contribution in [-0.4, -0.2) is 56.7 Å². The van der Waals surface area contributed by atoms with Gasteiger partial charge >= 0.3 is 0 Å². The lowest BCUT2D eigenvalue weighted by atomic mass is 10.0. The van der Waals surface area contributed by atoms with Gasteiger partial charge in [0, 0.05) is 58.0 Å². The van der Waals surface area contributed by atoms with Crippen molar-refractivity contribution >= 4 is 35.6 Å². The highest BCUT2D eigenvalue weighted by molar-refractivity contribution is 14.0. The highest BCUT2D eigenvalue weighted by atomic mass is 127. The second kappa shape index (κ2) is 11.5. The van der Waals surface area contributed by atoms with E-state index in [4.69, 9.17) is 0 Å². The van der Waals surface area contributed by atoms with Crippen LogP contribution in [0.1, 0.15) is 25.3 Å². The molecule has 0 saturated carbocycles. The molecule has 2 aliphatic rings. The van der Waals surface area contributed by atoms with Crippen LogP contribution in [0.2, 0.25) is 0 Å². The fourth-order valence-electron chi connectivity index (χ4n) is 3.70. The minimum absolute atomic E-state index is 0. The molecule has 0 atom stereocenters. The van der Waals surface area contributed by atoms with Crippen molar-refractivity contribution in [3.8, 4) is 0 Å². The zero-order valence-electron chi connectivity index (χ0n) is 17.2. The molecule has 2 heterocycles. The first-order valence-electron chi connectivity index (χ1n) is 9.97. The topological polar surface area (TPSA) is 42.9 Å². The van der Waals surface area contributed by atoms with Gasteiger partial charge in [0.2, 0.25) is 0 Å². The largest absolute Gasteiger partial charge is 0.364 e. The Kier molecular flexibility index (Phi) is 9.31. The maximum atomic E-state index is 4.40. The lowest BCUT2D eigenvalue weighted by Gasteiger charge is -2.33. The summed E-state index contributed by atoms with van der Waals surface area (Å²) in [5.74, 6) is 0.890. The van der Waals surface area contributed by atoms with Crippen LogP contribution in [0.15, 0.2) is 53.6 Å². The molecule has 1 fully saturated rings. The zero-order valence-corrected chi connectivity index (χ0v) is 19.5. The molecule has 0 radical (unpaired) electrons. The van der Waals surface area contributed by atoms with E-state index in [1.165, 1.54) is 16.8 Å². The maximum Gasteiger partial charge on any atom is 0.191 e. The van der Waals surface area contributed by atoms with E-state index < -0.39 is 0 Å². The second-order valence-corrected chi connectivity index (χ2v) is 7.62. The van der Waals surface area contributed by atoms with E-state index >= 15 is 0 Å². The van der Waals surface area contributed by atoms with Crippen LogP contribution in [0.5, 0.6) is 0 Å². The number of piperidine rings is 1. The lowest BCUT2D eigenvalue weighted by Crippen LogP contribution is -2.48. The summed E-state index contributed by atoms with van der Waals surface area (Å²) in [5, 5.41) is 7.03. The predicted octanol–water partition coefficient (Wildman–Crippen LogP) is 3.39. The van der Waals surface area contributed by atoms with Gasteiger partial charge in [-0.1, -0.05) is 36.4 Å². The molecule has 1 aromatic carbocycles. The van der Waals surface area contributed by atoms with Crippen LogP contribution in [0.25, 0.3) is 0 Å². The molecular formula is C22H34IN5. The Bertz CT molecular complexity index is 667. The molecule has 0 spiro atoms. The monoisotopic (exact) mass is 495 g/mol. The SMILES string of the molecule is C=C(C)CN1CCC(NC(=NC)NCc2ccc(N3CC=CC3)cc2)CC1.I. The highest BCUT2D eigenvalue weighted by Gasteiger charge is 2.19. The summed E-state index contributed by atoms with van der Waals surface area (Å²) < 4.78 is 0. The van der Waals surface area contributed by atoms with Crippen LogP contribution < -0.4 is 15.5 Å². The van der Waals surface area contributed by atoms with Gasteiger partial charge in [-0.25, -0.2) is 0 Å². The van der Waals surface area contributed by atoms with Gasteiger partial charge in [0.1, 0.15) is 0 Å². The molecule has 1 aromatic rings. The number of guanidine groups is 1. The number of benzene rings is 1. The molecule has 0 aromatic heterocycles. The summed E-state index contributed by atoms with van der Waals surface area (Å²) in [6.07, 6.45) is 6.72. The number of nitrogens with one attached hydrogen (secondary N) is 2. The van der Waals surface area contributed by atoms with Gasteiger partial charge in [0.05, 0.1) is 0 Å². The Hall–Kier alpha value is -1.54. The quantitative estimate of drug-likeness (QED) is 0.275. The molecule has 154 valence electrons. The third kappa shape index (κ3) is 6.81. The molecule has 0 bridgehead atoms. The molecule has 1 saturated heterocycles. The van der Waals surface area contributed by atoms with Crippen molar-refractivity contribution in [2.75, 3.05) is 44.7 Å². The Morgan fingerprint density at radius 2 is 1.79 bits per heavy atom. The number of rotatable bonds is 6. The normalized spacial score (nSPS) is 18.1. The molecule has 2 aliphatic heterocycles. The smallest absolute Gasteiger partial charge is 0.191 e. The third-order valence-electron chi connectivity index (χ3n) is 5.23. The van der Waals surface area contributed by atoms with Gasteiger partial charge < -0.3 is 15.5 Å². The van der Waals surface area contributed by atoms with Crippen LogP contribution in [0, 0.1) is 0 Å². The average molecular weight is 495 g/mol. The van der Waals surface area contributed by atoms with E-state index in [0.717, 1.165) is 58.1 Å². The molecule has 0 unspecified atom stereocenters. The van der Waals surface area contributed by atoms with Crippen LogP contribution in [-0.2, 0) is 6.54 Å². The highest BCUT2D eigenvalue weighted by Crippen LogP contribution is 2.17. The number of likely N-dealkylation sites (tertiary alicyclic amines) is 1. The van der Waals surface area contributed by atoms with Gasteiger partial charge in [-0.05, 0) is 37.5 Å². The van der Waals surface area contributed by atoms with Crippen LogP contribution >= 0.6 is 24.0 Å². The fourth-order valence-corrected chi connectivity index (χ4v) is 3.70. The van der Waals surface area contributed by atoms with Crippen molar-refractivity contribution in [3.05, 3.63) is 54.1 Å². The maximum absolute atomic E-state index is 4.40. The Morgan fingerprint density at radius 1 is 1.14 bits per heavy atom. The van der Waals surface area contributed by atoms with Crippen molar-refractivity contribution in [3.63, 3.8) is 0 Å². The molecule has 3 rings (SSSR count). The standard InChI is InChI=1S/C22H33N5.HI/c1-18(2)17-26-14-10-20(11-15-26)25-22(23-3)24-16-19-6-8-21(9-7-19)27-12-4-5-13-27;/h4-9,20H,1,10-17H2,2-3H3,(H2,23,24,25);1H. The molecule has 0 amide bonds. The van der Waals surface area contributed by atoms with Crippen molar-refractivity contribution in [2.45, 2.75) is 32.4 Å². The molecule has 2 N–H and O–H groups in total. The number of halogens is 1. The number of hydrogen-bond acceptors (Lipinski definition) is 3. The van der Waals surface area contributed by atoms with Crippen molar-refractivity contribution in [2.24, 2.45) is 4.99 Å². The molecular weight excluding hydrogens is 461 g/mol. The van der Waals surface area contributed by atoms with E-state index in [1.54, 1.807) is 0 Å². The number of aliphatic imine (C=N–C) groups is 1. The van der Waals surface area contributed by atoms with Crippen LogP contribution in [0.3, 0.4) is 0 Å². The first-order valence-corrected chi connectivity index (χ1v) is 9.97. The summed E-state index contributed by atoms with van der Waals surface area (Å²) in [7, 11) is 1.84. The van der Waals surface area contributed by atoms with Crippen molar-refractivity contribution in [1.29, 1.82) is 0 Å². The van der Waals surface area contributed by atoms with Crippen molar-refractivity contribution in [1.82, 2.24) is 15.5 Å². The van der Waals surface area contributed by atoms with Gasteiger partial charge in [-0.2, -0.15) is 0 Å². The first-order chi connectivity index (χ1) is 13.1. The number of hydrogen-bond donors (Lipinski definition) is 2. The van der Waals surface area contributed by atoms with E-state index in [9.17, 15) is 0 Å². The summed E-state index contributed by atoms with van der Waals surface area (Å²) in [6.45, 7) is 12.2. The second-order valence-electron chi connectivity index (χ2n) is 7.62. The Balaban J connectivity index is 0.00000280.